The van der Waals surface area contributed by atoms with Crippen LogP contribution in [0.25, 0.3) is 21.8 Å². The minimum atomic E-state index is -3.20. The second kappa shape index (κ2) is 5.62. The van der Waals surface area contributed by atoms with Crippen molar-refractivity contribution in [2.24, 2.45) is 0 Å². The summed E-state index contributed by atoms with van der Waals surface area (Å²) in [5, 5.41) is 2.69. The molecule has 0 spiro atoms. The molecule has 0 fully saturated rings. The predicted molar refractivity (Wildman–Crippen MR) is 86.1 cm³/mol. The third-order valence-corrected chi connectivity index (χ3v) is 5.19. The maximum Gasteiger partial charge on any atom is 0.175 e. The lowest BCUT2D eigenvalue weighted by Crippen LogP contribution is -1.96. The number of rotatable bonds is 3. The van der Waals surface area contributed by atoms with Gasteiger partial charge in [-0.3, -0.25) is 0 Å². The largest absolute Gasteiger partial charge is 0.236 e. The third-order valence-electron chi connectivity index (χ3n) is 3.17. The predicted octanol–water partition coefficient (Wildman–Crippen LogP) is 4.02. The molecule has 0 amide bonds. The number of benzene rings is 2. The van der Waals surface area contributed by atoms with Crippen molar-refractivity contribution in [3.05, 3.63) is 59.7 Å². The molecule has 3 nitrogen and oxygen atoms in total. The molecule has 1 aromatic heterocycles. The first-order valence-electron chi connectivity index (χ1n) is 6.45. The van der Waals surface area contributed by atoms with Gasteiger partial charge < -0.3 is 0 Å². The first-order valence-corrected chi connectivity index (χ1v) is 9.22. The zero-order valence-electron chi connectivity index (χ0n) is 11.7. The first-order chi connectivity index (χ1) is 10.4. The van der Waals surface area contributed by atoms with Crippen LogP contribution in [0.1, 0.15) is 0 Å². The standard InChI is InChI=1S/C16H12FNO2S2/c1-22(19,20)14-8-4-12(5-9-14)16-18-15(10-21-16)11-2-6-13(17)7-3-11/h2-10H,1H3. The van der Waals surface area contributed by atoms with Crippen molar-refractivity contribution >= 4 is 21.2 Å². The Balaban J connectivity index is 1.92. The lowest BCUT2D eigenvalue weighted by molar-refractivity contribution is 0.602. The molecule has 0 bridgehead atoms. The molecule has 0 radical (unpaired) electrons. The maximum atomic E-state index is 12.9. The Bertz CT molecular complexity index is 898. The topological polar surface area (TPSA) is 47.0 Å². The van der Waals surface area contributed by atoms with Gasteiger partial charge in [0.25, 0.3) is 0 Å². The lowest BCUT2D eigenvalue weighted by atomic mass is 10.2. The van der Waals surface area contributed by atoms with Crippen LogP contribution in [-0.4, -0.2) is 19.7 Å². The number of hydrogen-bond donors (Lipinski definition) is 0. The van der Waals surface area contributed by atoms with Crippen LogP contribution in [-0.2, 0) is 9.84 Å². The van der Waals surface area contributed by atoms with E-state index in [1.54, 1.807) is 36.4 Å². The molecule has 0 saturated heterocycles. The first kappa shape index (κ1) is 14.9. The van der Waals surface area contributed by atoms with Crippen LogP contribution < -0.4 is 0 Å². The van der Waals surface area contributed by atoms with Crippen molar-refractivity contribution in [1.82, 2.24) is 4.98 Å². The number of nitrogens with zero attached hydrogens (tertiary/aromatic N) is 1. The molecule has 112 valence electrons. The highest BCUT2D eigenvalue weighted by molar-refractivity contribution is 7.90. The third kappa shape index (κ3) is 3.08. The summed E-state index contributed by atoms with van der Waals surface area (Å²) >= 11 is 1.46. The highest BCUT2D eigenvalue weighted by Gasteiger charge is 2.10. The van der Waals surface area contributed by atoms with Crippen molar-refractivity contribution in [2.75, 3.05) is 6.26 Å². The van der Waals surface area contributed by atoms with E-state index in [0.717, 1.165) is 21.8 Å². The number of thiazole rings is 1. The normalized spacial score (nSPS) is 11.5. The van der Waals surface area contributed by atoms with Gasteiger partial charge in [0.15, 0.2) is 9.84 Å². The van der Waals surface area contributed by atoms with Crippen molar-refractivity contribution < 1.29 is 12.8 Å². The molecule has 3 rings (SSSR count). The van der Waals surface area contributed by atoms with E-state index in [0.29, 0.717) is 0 Å². The summed E-state index contributed by atoms with van der Waals surface area (Å²) in [5.41, 5.74) is 2.47. The number of sulfone groups is 1. The molecule has 0 N–H and O–H groups in total. The van der Waals surface area contributed by atoms with Gasteiger partial charge in [-0.1, -0.05) is 12.1 Å². The minimum absolute atomic E-state index is 0.282. The van der Waals surface area contributed by atoms with E-state index in [-0.39, 0.29) is 10.7 Å². The second-order valence-corrected chi connectivity index (χ2v) is 7.72. The zero-order chi connectivity index (χ0) is 15.7. The summed E-state index contributed by atoms with van der Waals surface area (Å²) in [6.45, 7) is 0. The van der Waals surface area contributed by atoms with Crippen molar-refractivity contribution in [2.45, 2.75) is 4.90 Å². The molecular weight excluding hydrogens is 321 g/mol. The van der Waals surface area contributed by atoms with Crippen LogP contribution in [0.4, 0.5) is 4.39 Å². The Labute approximate surface area is 132 Å². The quantitative estimate of drug-likeness (QED) is 0.727. The Hall–Kier alpha value is -2.05. The van der Waals surface area contributed by atoms with Gasteiger partial charge >= 0.3 is 0 Å². The molecule has 0 saturated carbocycles. The molecule has 3 aromatic rings. The van der Waals surface area contributed by atoms with Gasteiger partial charge in [0.05, 0.1) is 10.6 Å². The van der Waals surface area contributed by atoms with Crippen LogP contribution >= 0.6 is 11.3 Å². The molecule has 0 aliphatic carbocycles. The smallest absolute Gasteiger partial charge is 0.175 e. The Morgan fingerprint density at radius 1 is 0.955 bits per heavy atom. The van der Waals surface area contributed by atoms with Crippen LogP contribution in [0.15, 0.2) is 58.8 Å². The lowest BCUT2D eigenvalue weighted by Gasteiger charge is -2.00. The molecular formula is C16H12FNO2S2. The van der Waals surface area contributed by atoms with Crippen molar-refractivity contribution in [3.63, 3.8) is 0 Å². The van der Waals surface area contributed by atoms with Gasteiger partial charge in [0, 0.05) is 22.8 Å². The summed E-state index contributed by atoms with van der Waals surface area (Å²) in [6.07, 6.45) is 1.18. The van der Waals surface area contributed by atoms with Gasteiger partial charge in [-0.2, -0.15) is 0 Å². The van der Waals surface area contributed by atoms with E-state index < -0.39 is 9.84 Å². The van der Waals surface area contributed by atoms with E-state index in [1.807, 2.05) is 5.38 Å². The molecule has 0 aliphatic rings. The van der Waals surface area contributed by atoms with E-state index in [9.17, 15) is 12.8 Å². The van der Waals surface area contributed by atoms with Gasteiger partial charge in [-0.15, -0.1) is 11.3 Å². The highest BCUT2D eigenvalue weighted by Crippen LogP contribution is 2.29. The Morgan fingerprint density at radius 2 is 1.55 bits per heavy atom. The molecule has 0 unspecified atom stereocenters. The van der Waals surface area contributed by atoms with Gasteiger partial charge in [0.2, 0.25) is 0 Å². The van der Waals surface area contributed by atoms with E-state index in [2.05, 4.69) is 4.98 Å². The monoisotopic (exact) mass is 333 g/mol. The fraction of sp³-hybridized carbons (Fsp3) is 0.0625. The van der Waals surface area contributed by atoms with Gasteiger partial charge in [-0.25, -0.2) is 17.8 Å². The molecule has 1 heterocycles. The highest BCUT2D eigenvalue weighted by atomic mass is 32.2. The Morgan fingerprint density at radius 3 is 2.14 bits per heavy atom. The van der Waals surface area contributed by atoms with Crippen molar-refractivity contribution in [1.29, 1.82) is 0 Å². The minimum Gasteiger partial charge on any atom is -0.236 e. The average Bonchev–Trinajstić information content (AvgIpc) is 2.97. The van der Waals surface area contributed by atoms with Crippen LogP contribution in [0.5, 0.6) is 0 Å². The fourth-order valence-electron chi connectivity index (χ4n) is 2.00. The van der Waals surface area contributed by atoms with Crippen LogP contribution in [0.3, 0.4) is 0 Å². The molecule has 0 aliphatic heterocycles. The van der Waals surface area contributed by atoms with E-state index in [1.165, 1.54) is 29.7 Å². The summed E-state index contributed by atoms with van der Waals surface area (Å²) in [4.78, 5) is 4.80. The van der Waals surface area contributed by atoms with E-state index >= 15 is 0 Å². The van der Waals surface area contributed by atoms with Crippen molar-refractivity contribution in [3.8, 4) is 21.8 Å². The molecule has 6 heteroatoms. The van der Waals surface area contributed by atoms with Crippen LogP contribution in [0.2, 0.25) is 0 Å². The fourth-order valence-corrected chi connectivity index (χ4v) is 3.47. The Kier molecular flexibility index (Phi) is 3.80. The number of aromatic nitrogens is 1. The maximum absolute atomic E-state index is 12.9. The van der Waals surface area contributed by atoms with Gasteiger partial charge in [0.1, 0.15) is 10.8 Å². The molecule has 2 aromatic carbocycles. The molecule has 0 atom stereocenters. The second-order valence-electron chi connectivity index (χ2n) is 4.84. The summed E-state index contributed by atoms with van der Waals surface area (Å²) < 4.78 is 35.8. The SMILES string of the molecule is CS(=O)(=O)c1ccc(-c2nc(-c3ccc(F)cc3)cs2)cc1. The zero-order valence-corrected chi connectivity index (χ0v) is 13.3. The molecule has 22 heavy (non-hydrogen) atoms. The summed E-state index contributed by atoms with van der Waals surface area (Å²) in [5.74, 6) is -0.282. The van der Waals surface area contributed by atoms with Crippen LogP contribution in [0, 0.1) is 5.82 Å². The average molecular weight is 333 g/mol. The summed E-state index contributed by atoms with van der Waals surface area (Å²) in [7, 11) is -3.20. The number of halogens is 1. The van der Waals surface area contributed by atoms with Gasteiger partial charge in [-0.05, 0) is 36.4 Å². The number of hydrogen-bond acceptors (Lipinski definition) is 4. The van der Waals surface area contributed by atoms with E-state index in [4.69, 9.17) is 0 Å². The summed E-state index contributed by atoms with van der Waals surface area (Å²) in [6, 6.07) is 12.8.